The third kappa shape index (κ3) is 2.56. The number of rotatable bonds is 3. The summed E-state index contributed by atoms with van der Waals surface area (Å²) in [5, 5.41) is 8.81. The van der Waals surface area contributed by atoms with Gasteiger partial charge in [0.25, 0.3) is 0 Å². The number of anilines is 1. The molecule has 0 bridgehead atoms. The SMILES string of the molecule is CCOC(=O)c1ccnc(-c2ccc(C#N)s2)c1N. The summed E-state index contributed by atoms with van der Waals surface area (Å²) in [4.78, 5) is 17.2. The first-order valence-corrected chi connectivity index (χ1v) is 6.41. The zero-order chi connectivity index (χ0) is 13.8. The molecule has 0 saturated heterocycles. The van der Waals surface area contributed by atoms with Crippen molar-refractivity contribution >= 4 is 23.0 Å². The van der Waals surface area contributed by atoms with E-state index in [1.807, 2.05) is 0 Å². The number of carbonyl (C=O) groups is 1. The molecule has 0 amide bonds. The van der Waals surface area contributed by atoms with Crippen molar-refractivity contribution in [1.29, 1.82) is 5.26 Å². The van der Waals surface area contributed by atoms with Crippen molar-refractivity contribution in [3.05, 3.63) is 34.8 Å². The van der Waals surface area contributed by atoms with E-state index in [2.05, 4.69) is 11.1 Å². The highest BCUT2D eigenvalue weighted by molar-refractivity contribution is 7.16. The quantitative estimate of drug-likeness (QED) is 0.867. The van der Waals surface area contributed by atoms with Crippen LogP contribution in [-0.4, -0.2) is 17.6 Å². The first-order valence-electron chi connectivity index (χ1n) is 5.59. The Morgan fingerprint density at radius 3 is 2.95 bits per heavy atom. The maximum Gasteiger partial charge on any atom is 0.340 e. The molecule has 6 heteroatoms. The molecule has 2 rings (SSSR count). The van der Waals surface area contributed by atoms with Gasteiger partial charge in [0.15, 0.2) is 0 Å². The van der Waals surface area contributed by atoms with Gasteiger partial charge in [0.1, 0.15) is 16.6 Å². The standard InChI is InChI=1S/C13H11N3O2S/c1-2-18-13(17)9-5-6-16-12(11(9)15)10-4-3-8(7-14)19-10/h3-6H,2,15H2,1H3. The number of pyridine rings is 1. The molecule has 2 N–H and O–H groups in total. The van der Waals surface area contributed by atoms with Crippen molar-refractivity contribution in [1.82, 2.24) is 4.98 Å². The Morgan fingerprint density at radius 2 is 2.32 bits per heavy atom. The van der Waals surface area contributed by atoms with E-state index in [-0.39, 0.29) is 12.3 Å². The number of nitrogens with two attached hydrogens (primary N) is 1. The van der Waals surface area contributed by atoms with Gasteiger partial charge < -0.3 is 10.5 Å². The lowest BCUT2D eigenvalue weighted by atomic mass is 10.1. The predicted octanol–water partition coefficient (Wildman–Crippen LogP) is 2.44. The second kappa shape index (κ2) is 5.50. The Morgan fingerprint density at radius 1 is 1.53 bits per heavy atom. The fourth-order valence-corrected chi connectivity index (χ4v) is 2.40. The monoisotopic (exact) mass is 273 g/mol. The number of nitrogen functional groups attached to an aromatic ring is 1. The van der Waals surface area contributed by atoms with Gasteiger partial charge in [-0.15, -0.1) is 11.3 Å². The zero-order valence-electron chi connectivity index (χ0n) is 10.2. The topological polar surface area (TPSA) is 89.0 Å². The minimum Gasteiger partial charge on any atom is -0.462 e. The maximum atomic E-state index is 11.7. The smallest absolute Gasteiger partial charge is 0.340 e. The summed E-state index contributed by atoms with van der Waals surface area (Å²) in [6.07, 6.45) is 1.50. The number of thiophene rings is 1. The predicted molar refractivity (Wildman–Crippen MR) is 72.6 cm³/mol. The number of carbonyl (C=O) groups excluding carboxylic acids is 1. The second-order valence-corrected chi connectivity index (χ2v) is 4.70. The second-order valence-electron chi connectivity index (χ2n) is 3.62. The number of esters is 1. The van der Waals surface area contributed by atoms with Crippen molar-refractivity contribution in [3.8, 4) is 16.6 Å². The summed E-state index contributed by atoms with van der Waals surface area (Å²) < 4.78 is 4.93. The van der Waals surface area contributed by atoms with Crippen LogP contribution in [-0.2, 0) is 4.74 Å². The molecular weight excluding hydrogens is 262 g/mol. The molecule has 19 heavy (non-hydrogen) atoms. The van der Waals surface area contributed by atoms with Gasteiger partial charge in [-0.05, 0) is 25.1 Å². The van der Waals surface area contributed by atoms with Gasteiger partial charge in [0.2, 0.25) is 0 Å². The van der Waals surface area contributed by atoms with Crippen LogP contribution in [0.2, 0.25) is 0 Å². The molecule has 0 spiro atoms. The van der Waals surface area contributed by atoms with E-state index < -0.39 is 5.97 Å². The third-order valence-corrected chi connectivity index (χ3v) is 3.43. The lowest BCUT2D eigenvalue weighted by Gasteiger charge is -2.07. The number of aromatic nitrogens is 1. The first-order chi connectivity index (χ1) is 9.17. The van der Waals surface area contributed by atoms with Crippen molar-refractivity contribution in [2.45, 2.75) is 6.92 Å². The van der Waals surface area contributed by atoms with Gasteiger partial charge in [-0.25, -0.2) is 4.79 Å². The van der Waals surface area contributed by atoms with E-state index in [9.17, 15) is 4.79 Å². The Kier molecular flexibility index (Phi) is 3.78. The summed E-state index contributed by atoms with van der Waals surface area (Å²) in [5.74, 6) is -0.472. The average molecular weight is 273 g/mol. The summed E-state index contributed by atoms with van der Waals surface area (Å²) in [5.41, 5.74) is 7.02. The first kappa shape index (κ1) is 13.1. The molecule has 0 saturated carbocycles. The van der Waals surface area contributed by atoms with Gasteiger partial charge in [0.05, 0.1) is 22.7 Å². The van der Waals surface area contributed by atoms with Gasteiger partial charge >= 0.3 is 5.97 Å². The Balaban J connectivity index is 2.45. The zero-order valence-corrected chi connectivity index (χ0v) is 11.0. The Hall–Kier alpha value is -2.39. The fourth-order valence-electron chi connectivity index (χ4n) is 1.58. The normalized spacial score (nSPS) is 9.89. The highest BCUT2D eigenvalue weighted by Crippen LogP contribution is 2.32. The fraction of sp³-hybridized carbons (Fsp3) is 0.154. The molecule has 0 atom stereocenters. The summed E-state index contributed by atoms with van der Waals surface area (Å²) in [6.45, 7) is 2.02. The average Bonchev–Trinajstić information content (AvgIpc) is 2.88. The molecule has 2 heterocycles. The molecule has 0 aromatic carbocycles. The van der Waals surface area contributed by atoms with E-state index in [1.54, 1.807) is 19.1 Å². The van der Waals surface area contributed by atoms with Gasteiger partial charge in [-0.2, -0.15) is 5.26 Å². The van der Waals surface area contributed by atoms with Crippen LogP contribution >= 0.6 is 11.3 Å². The molecule has 5 nitrogen and oxygen atoms in total. The number of nitrogens with zero attached hydrogens (tertiary/aromatic N) is 2. The van der Waals surface area contributed by atoms with Crippen molar-refractivity contribution in [2.24, 2.45) is 0 Å². The highest BCUT2D eigenvalue weighted by atomic mass is 32.1. The Bertz CT molecular complexity index is 658. The van der Waals surface area contributed by atoms with Gasteiger partial charge in [-0.3, -0.25) is 4.98 Å². The van der Waals surface area contributed by atoms with E-state index in [4.69, 9.17) is 15.7 Å². The molecule has 0 radical (unpaired) electrons. The minimum atomic E-state index is -0.472. The molecule has 0 aliphatic heterocycles. The maximum absolute atomic E-state index is 11.7. The summed E-state index contributed by atoms with van der Waals surface area (Å²) in [6, 6.07) is 7.03. The van der Waals surface area contributed by atoms with Crippen LogP contribution in [0.25, 0.3) is 10.6 Å². The molecule has 0 aliphatic rings. The van der Waals surface area contributed by atoms with Crippen LogP contribution in [0.5, 0.6) is 0 Å². The highest BCUT2D eigenvalue weighted by Gasteiger charge is 2.16. The molecule has 2 aromatic heterocycles. The minimum absolute atomic E-state index is 0.271. The van der Waals surface area contributed by atoms with Crippen molar-refractivity contribution < 1.29 is 9.53 Å². The van der Waals surface area contributed by atoms with Crippen LogP contribution in [0, 0.1) is 11.3 Å². The van der Waals surface area contributed by atoms with Crippen LogP contribution in [0.15, 0.2) is 24.4 Å². The van der Waals surface area contributed by atoms with Crippen LogP contribution in [0.1, 0.15) is 22.2 Å². The molecule has 0 fully saturated rings. The third-order valence-electron chi connectivity index (χ3n) is 2.44. The van der Waals surface area contributed by atoms with Crippen molar-refractivity contribution in [2.75, 3.05) is 12.3 Å². The lowest BCUT2D eigenvalue weighted by Crippen LogP contribution is -2.09. The molecule has 2 aromatic rings. The van der Waals surface area contributed by atoms with E-state index in [1.165, 1.54) is 23.6 Å². The summed E-state index contributed by atoms with van der Waals surface area (Å²) in [7, 11) is 0. The number of ether oxygens (including phenoxy) is 1. The van der Waals surface area contributed by atoms with E-state index in [0.29, 0.717) is 16.1 Å². The van der Waals surface area contributed by atoms with E-state index >= 15 is 0 Å². The number of nitriles is 1. The van der Waals surface area contributed by atoms with Crippen LogP contribution < -0.4 is 5.73 Å². The van der Waals surface area contributed by atoms with Gasteiger partial charge in [-0.1, -0.05) is 0 Å². The molecule has 0 unspecified atom stereocenters. The lowest BCUT2D eigenvalue weighted by molar-refractivity contribution is 0.0527. The number of hydrogen-bond acceptors (Lipinski definition) is 6. The van der Waals surface area contributed by atoms with Crippen molar-refractivity contribution in [3.63, 3.8) is 0 Å². The van der Waals surface area contributed by atoms with E-state index in [0.717, 1.165) is 4.88 Å². The van der Waals surface area contributed by atoms with Crippen LogP contribution in [0.3, 0.4) is 0 Å². The Labute approximate surface area is 114 Å². The molecular formula is C13H11N3O2S. The van der Waals surface area contributed by atoms with Crippen LogP contribution in [0.4, 0.5) is 5.69 Å². The van der Waals surface area contributed by atoms with Gasteiger partial charge in [0, 0.05) is 6.20 Å². The molecule has 96 valence electrons. The largest absolute Gasteiger partial charge is 0.462 e. The number of hydrogen-bond donors (Lipinski definition) is 1. The summed E-state index contributed by atoms with van der Waals surface area (Å²) >= 11 is 1.28. The molecule has 0 aliphatic carbocycles.